The van der Waals surface area contributed by atoms with Crippen LogP contribution in [0, 0.1) is 0 Å². The lowest BCUT2D eigenvalue weighted by Gasteiger charge is -2.26. The van der Waals surface area contributed by atoms with Gasteiger partial charge < -0.3 is 14.5 Å². The van der Waals surface area contributed by atoms with Gasteiger partial charge in [-0.1, -0.05) is 49.7 Å². The molecule has 0 saturated heterocycles. The predicted molar refractivity (Wildman–Crippen MR) is 117 cm³/mol. The maximum atomic E-state index is 12.5. The molecule has 0 saturated carbocycles. The van der Waals surface area contributed by atoms with Crippen molar-refractivity contribution in [1.82, 2.24) is 10.3 Å². The van der Waals surface area contributed by atoms with Gasteiger partial charge in [-0.2, -0.15) is 0 Å². The molecular weight excluding hydrogens is 400 g/mol. The Bertz CT molecular complexity index is 1030. The molecule has 2 aromatic carbocycles. The van der Waals surface area contributed by atoms with Crippen LogP contribution in [0.4, 0.5) is 0 Å². The summed E-state index contributed by atoms with van der Waals surface area (Å²) in [7, 11) is 0. The molecule has 1 N–H and O–H groups in total. The van der Waals surface area contributed by atoms with E-state index in [1.165, 1.54) is 5.56 Å². The topological polar surface area (TPSA) is 64.4 Å². The summed E-state index contributed by atoms with van der Waals surface area (Å²) in [6.07, 6.45) is 3.18. The van der Waals surface area contributed by atoms with E-state index in [1.54, 1.807) is 12.3 Å². The number of rotatable bonds is 6. The summed E-state index contributed by atoms with van der Waals surface area (Å²) in [6.45, 7) is 4.90. The molecule has 0 spiro atoms. The number of oxazole rings is 1. The number of nitrogens with one attached hydrogen (secondary N) is 1. The summed E-state index contributed by atoms with van der Waals surface area (Å²) in [6, 6.07) is 13.7. The number of aromatic nitrogens is 1. The van der Waals surface area contributed by atoms with Crippen LogP contribution >= 0.6 is 11.6 Å². The van der Waals surface area contributed by atoms with Gasteiger partial charge in [-0.15, -0.1) is 0 Å². The van der Waals surface area contributed by atoms with Gasteiger partial charge in [0.2, 0.25) is 5.91 Å². The quantitative estimate of drug-likeness (QED) is 0.552. The number of carbonyl (C=O) groups is 1. The molecule has 1 atom stereocenters. The van der Waals surface area contributed by atoms with Crippen LogP contribution in [0.1, 0.15) is 55.7 Å². The molecule has 0 radical (unpaired) electrons. The number of ether oxygens (including phenoxy) is 1. The second-order valence-corrected chi connectivity index (χ2v) is 8.27. The number of carbonyl (C=O) groups excluding carboxylic acids is 1. The molecule has 1 amide bonds. The highest BCUT2D eigenvalue weighted by Crippen LogP contribution is 2.34. The lowest BCUT2D eigenvalue weighted by Crippen LogP contribution is -2.32. The van der Waals surface area contributed by atoms with Crippen molar-refractivity contribution in [2.75, 3.05) is 6.61 Å². The van der Waals surface area contributed by atoms with Crippen molar-refractivity contribution in [3.63, 3.8) is 0 Å². The smallest absolute Gasteiger partial charge is 0.220 e. The molecule has 1 aromatic heterocycles. The Hall–Kier alpha value is -2.79. The first-order valence-corrected chi connectivity index (χ1v) is 10.6. The monoisotopic (exact) mass is 424 g/mol. The van der Waals surface area contributed by atoms with Crippen molar-refractivity contribution in [2.24, 2.45) is 0 Å². The number of amides is 1. The Morgan fingerprint density at radius 1 is 1.23 bits per heavy atom. The zero-order valence-electron chi connectivity index (χ0n) is 17.2. The van der Waals surface area contributed by atoms with E-state index in [9.17, 15) is 4.79 Å². The third-order valence-corrected chi connectivity index (χ3v) is 5.56. The first-order valence-electron chi connectivity index (χ1n) is 10.3. The molecular formula is C24H25ClN2O3. The second-order valence-electron chi connectivity index (χ2n) is 7.83. The SMILES string of the molecule is CC(C)c1ccc(-c2cnc(CCC(=O)NC3CCOc4ccc(Cl)cc43)o2)cc1. The normalized spacial score (nSPS) is 15.5. The summed E-state index contributed by atoms with van der Waals surface area (Å²) in [4.78, 5) is 16.8. The zero-order valence-corrected chi connectivity index (χ0v) is 17.9. The summed E-state index contributed by atoms with van der Waals surface area (Å²) in [5, 5.41) is 3.71. The van der Waals surface area contributed by atoms with Gasteiger partial charge in [-0.25, -0.2) is 4.98 Å². The van der Waals surface area contributed by atoms with Crippen LogP contribution in [0.25, 0.3) is 11.3 Å². The van der Waals surface area contributed by atoms with E-state index < -0.39 is 0 Å². The molecule has 6 heteroatoms. The van der Waals surface area contributed by atoms with Gasteiger partial charge in [0.15, 0.2) is 11.7 Å². The summed E-state index contributed by atoms with van der Waals surface area (Å²) in [5.41, 5.74) is 3.19. The Morgan fingerprint density at radius 3 is 2.80 bits per heavy atom. The first-order chi connectivity index (χ1) is 14.5. The van der Waals surface area contributed by atoms with Crippen molar-refractivity contribution in [1.29, 1.82) is 0 Å². The number of benzene rings is 2. The van der Waals surface area contributed by atoms with Crippen LogP contribution in [0.15, 0.2) is 53.1 Å². The lowest BCUT2D eigenvalue weighted by molar-refractivity contribution is -0.122. The molecule has 2 heterocycles. The Balaban J connectivity index is 1.35. The van der Waals surface area contributed by atoms with E-state index in [1.807, 2.05) is 24.3 Å². The van der Waals surface area contributed by atoms with Crippen molar-refractivity contribution >= 4 is 17.5 Å². The van der Waals surface area contributed by atoms with Gasteiger partial charge in [0.05, 0.1) is 18.8 Å². The number of nitrogens with zero attached hydrogens (tertiary/aromatic N) is 1. The molecule has 0 fully saturated rings. The van der Waals surface area contributed by atoms with E-state index >= 15 is 0 Å². The molecule has 0 bridgehead atoms. The average Bonchev–Trinajstić information content (AvgIpc) is 3.22. The fourth-order valence-corrected chi connectivity index (χ4v) is 3.77. The van der Waals surface area contributed by atoms with Crippen molar-refractivity contribution in [3.8, 4) is 17.1 Å². The van der Waals surface area contributed by atoms with Gasteiger partial charge >= 0.3 is 0 Å². The third-order valence-electron chi connectivity index (χ3n) is 5.33. The van der Waals surface area contributed by atoms with Gasteiger partial charge in [-0.05, 0) is 29.7 Å². The third kappa shape index (κ3) is 4.68. The van der Waals surface area contributed by atoms with Crippen LogP contribution in [-0.2, 0) is 11.2 Å². The van der Waals surface area contributed by atoms with E-state index in [4.69, 9.17) is 20.8 Å². The van der Waals surface area contributed by atoms with Crippen LogP contribution in [0.2, 0.25) is 5.02 Å². The number of aryl methyl sites for hydroxylation is 1. The molecule has 30 heavy (non-hydrogen) atoms. The van der Waals surface area contributed by atoms with Crippen molar-refractivity contribution < 1.29 is 13.9 Å². The number of hydrogen-bond acceptors (Lipinski definition) is 4. The predicted octanol–water partition coefficient (Wildman–Crippen LogP) is 5.69. The lowest BCUT2D eigenvalue weighted by atomic mass is 10.0. The van der Waals surface area contributed by atoms with Gasteiger partial charge in [0.1, 0.15) is 5.75 Å². The maximum absolute atomic E-state index is 12.5. The van der Waals surface area contributed by atoms with Gasteiger partial charge in [0.25, 0.3) is 0 Å². The van der Waals surface area contributed by atoms with Gasteiger partial charge in [0, 0.05) is 35.4 Å². The summed E-state index contributed by atoms with van der Waals surface area (Å²) in [5.74, 6) is 2.49. The number of halogens is 1. The van der Waals surface area contributed by atoms with Crippen LogP contribution < -0.4 is 10.1 Å². The van der Waals surface area contributed by atoms with Crippen LogP contribution in [0.5, 0.6) is 5.75 Å². The average molecular weight is 425 g/mol. The van der Waals surface area contributed by atoms with Gasteiger partial charge in [-0.3, -0.25) is 4.79 Å². The zero-order chi connectivity index (χ0) is 21.1. The molecule has 156 valence electrons. The molecule has 5 nitrogen and oxygen atoms in total. The van der Waals surface area contributed by atoms with E-state index in [-0.39, 0.29) is 11.9 Å². The molecule has 0 aliphatic carbocycles. The standard InChI is InChI=1S/C24H25ClN2O3/c1-15(2)16-3-5-17(6-4-16)22-14-26-24(30-22)10-9-23(28)27-20-11-12-29-21-8-7-18(25)13-19(20)21/h3-8,13-15,20H,9-12H2,1-2H3,(H,27,28). The Kier molecular flexibility index (Phi) is 6.09. The maximum Gasteiger partial charge on any atom is 0.220 e. The number of fused-ring (bicyclic) bond motifs is 1. The highest BCUT2D eigenvalue weighted by atomic mass is 35.5. The van der Waals surface area contributed by atoms with E-state index in [0.717, 1.165) is 16.9 Å². The molecule has 3 aromatic rings. The Labute approximate surface area is 181 Å². The van der Waals surface area contributed by atoms with Crippen molar-refractivity contribution in [3.05, 3.63) is 70.7 Å². The molecule has 1 aliphatic heterocycles. The first kappa shape index (κ1) is 20.5. The largest absolute Gasteiger partial charge is 0.493 e. The minimum absolute atomic E-state index is 0.0474. The fourth-order valence-electron chi connectivity index (χ4n) is 3.59. The number of hydrogen-bond donors (Lipinski definition) is 1. The molecule has 1 aliphatic rings. The molecule has 4 rings (SSSR count). The molecule has 1 unspecified atom stereocenters. The fraction of sp³-hybridized carbons (Fsp3) is 0.333. The minimum atomic E-state index is -0.0976. The summed E-state index contributed by atoms with van der Waals surface area (Å²) < 4.78 is 11.5. The highest BCUT2D eigenvalue weighted by molar-refractivity contribution is 6.30. The van der Waals surface area contributed by atoms with Crippen LogP contribution in [-0.4, -0.2) is 17.5 Å². The summed E-state index contributed by atoms with van der Waals surface area (Å²) >= 11 is 6.11. The van der Waals surface area contributed by atoms with E-state index in [2.05, 4.69) is 36.3 Å². The van der Waals surface area contributed by atoms with Crippen LogP contribution in [0.3, 0.4) is 0 Å². The van der Waals surface area contributed by atoms with Crippen molar-refractivity contribution in [2.45, 2.75) is 45.1 Å². The van der Waals surface area contributed by atoms with E-state index in [0.29, 0.717) is 48.5 Å². The Morgan fingerprint density at radius 2 is 2.03 bits per heavy atom. The highest BCUT2D eigenvalue weighted by Gasteiger charge is 2.23. The minimum Gasteiger partial charge on any atom is -0.493 e. The second kappa shape index (κ2) is 8.92.